The molecule has 0 saturated carbocycles. The van der Waals surface area contributed by atoms with Crippen molar-refractivity contribution in [2.24, 2.45) is 0 Å². The second kappa shape index (κ2) is 6.42. The highest BCUT2D eigenvalue weighted by molar-refractivity contribution is 5.99. The van der Waals surface area contributed by atoms with Crippen LogP contribution in [0.4, 0.5) is 13.2 Å². The molecule has 0 unspecified atom stereocenters. The number of alkyl halides is 3. The van der Waals surface area contributed by atoms with Crippen LogP contribution < -0.4 is 0 Å². The van der Waals surface area contributed by atoms with Gasteiger partial charge in [0, 0.05) is 23.0 Å². The van der Waals surface area contributed by atoms with Crippen LogP contribution in [0.2, 0.25) is 0 Å². The van der Waals surface area contributed by atoms with Crippen molar-refractivity contribution in [1.82, 2.24) is 9.47 Å². The molecule has 7 heteroatoms. The molecule has 1 saturated heterocycles. The van der Waals surface area contributed by atoms with E-state index in [4.69, 9.17) is 0 Å². The van der Waals surface area contributed by atoms with Gasteiger partial charge in [-0.25, -0.2) is 0 Å². The molecule has 2 rings (SSSR count). The van der Waals surface area contributed by atoms with Gasteiger partial charge in [0.1, 0.15) is 6.54 Å². The number of aliphatic hydroxyl groups is 1. The van der Waals surface area contributed by atoms with Crippen molar-refractivity contribution >= 4 is 5.78 Å². The average Bonchev–Trinajstić information content (AvgIpc) is 2.96. The van der Waals surface area contributed by atoms with Gasteiger partial charge in [-0.05, 0) is 39.3 Å². The Balaban J connectivity index is 2.15. The molecule has 0 amide bonds. The molecule has 4 nitrogen and oxygen atoms in total. The summed E-state index contributed by atoms with van der Waals surface area (Å²) in [5, 5.41) is 9.27. The second-order valence-electron chi connectivity index (χ2n) is 5.86. The molecule has 0 bridgehead atoms. The lowest BCUT2D eigenvalue weighted by molar-refractivity contribution is -0.141. The number of Topliss-reactive ketones (excluding diaryl/α,β-unsaturated/α-hetero) is 1. The molecule has 124 valence electrons. The maximum Gasteiger partial charge on any atom is 0.406 e. The number of carbonyl (C=O) groups excluding carboxylic acids is 1. The summed E-state index contributed by atoms with van der Waals surface area (Å²) < 4.78 is 38.9. The van der Waals surface area contributed by atoms with E-state index in [2.05, 4.69) is 0 Å². The maximum absolute atomic E-state index is 12.6. The highest BCUT2D eigenvalue weighted by atomic mass is 19.4. The van der Waals surface area contributed by atoms with Crippen molar-refractivity contribution < 1.29 is 23.1 Å². The zero-order chi connectivity index (χ0) is 16.5. The van der Waals surface area contributed by atoms with E-state index < -0.39 is 12.7 Å². The molecule has 0 radical (unpaired) electrons. The Bertz CT molecular complexity index is 552. The third-order valence-electron chi connectivity index (χ3n) is 4.27. The van der Waals surface area contributed by atoms with E-state index in [1.165, 1.54) is 6.07 Å². The van der Waals surface area contributed by atoms with Gasteiger partial charge < -0.3 is 9.67 Å². The monoisotopic (exact) mass is 318 g/mol. The zero-order valence-corrected chi connectivity index (χ0v) is 12.8. The number of ketones is 1. The summed E-state index contributed by atoms with van der Waals surface area (Å²) >= 11 is 0. The van der Waals surface area contributed by atoms with Crippen molar-refractivity contribution in [2.45, 2.75) is 45.5 Å². The fraction of sp³-hybridized carbons (Fsp3) is 0.667. The number of hydrogen-bond acceptors (Lipinski definition) is 3. The minimum absolute atomic E-state index is 0.000373. The SMILES string of the molecule is Cc1cc(C(=O)CN2CCC[C@@H]2CO)c(C)n1CC(F)(F)F. The molecular weight excluding hydrogens is 297 g/mol. The molecule has 0 aliphatic carbocycles. The summed E-state index contributed by atoms with van der Waals surface area (Å²) in [7, 11) is 0. The normalized spacial score (nSPS) is 19.8. The summed E-state index contributed by atoms with van der Waals surface area (Å²) in [6.45, 7) is 2.91. The van der Waals surface area contributed by atoms with Crippen molar-refractivity contribution in [3.05, 3.63) is 23.0 Å². The van der Waals surface area contributed by atoms with E-state index >= 15 is 0 Å². The van der Waals surface area contributed by atoms with Gasteiger partial charge in [0.05, 0.1) is 13.2 Å². The van der Waals surface area contributed by atoms with Crippen LogP contribution in [-0.2, 0) is 6.54 Å². The van der Waals surface area contributed by atoms with Gasteiger partial charge in [-0.2, -0.15) is 13.2 Å². The fourth-order valence-electron chi connectivity index (χ4n) is 3.09. The van der Waals surface area contributed by atoms with Crippen LogP contribution in [0.15, 0.2) is 6.07 Å². The number of nitrogens with zero attached hydrogens (tertiary/aromatic N) is 2. The number of aliphatic hydroxyl groups excluding tert-OH is 1. The van der Waals surface area contributed by atoms with Gasteiger partial charge >= 0.3 is 6.18 Å². The maximum atomic E-state index is 12.6. The molecule has 1 N–H and O–H groups in total. The number of halogens is 3. The van der Waals surface area contributed by atoms with Crippen LogP contribution in [0.3, 0.4) is 0 Å². The first-order valence-electron chi connectivity index (χ1n) is 7.34. The first kappa shape index (κ1) is 17.0. The number of likely N-dealkylation sites (tertiary alicyclic amines) is 1. The average molecular weight is 318 g/mol. The first-order chi connectivity index (χ1) is 10.2. The summed E-state index contributed by atoms with van der Waals surface area (Å²) in [5.74, 6) is -0.193. The van der Waals surface area contributed by atoms with Gasteiger partial charge in [-0.15, -0.1) is 0 Å². The van der Waals surface area contributed by atoms with Crippen LogP contribution in [-0.4, -0.2) is 52.3 Å². The Morgan fingerprint density at radius 1 is 1.41 bits per heavy atom. The molecule has 1 fully saturated rings. The van der Waals surface area contributed by atoms with Gasteiger partial charge in [0.15, 0.2) is 5.78 Å². The highest BCUT2D eigenvalue weighted by Gasteiger charge is 2.31. The number of carbonyl (C=O) groups is 1. The molecule has 22 heavy (non-hydrogen) atoms. The summed E-state index contributed by atoms with van der Waals surface area (Å²) in [6.07, 6.45) is -2.55. The highest BCUT2D eigenvalue weighted by Crippen LogP contribution is 2.24. The lowest BCUT2D eigenvalue weighted by Gasteiger charge is -2.21. The van der Waals surface area contributed by atoms with Crippen LogP contribution in [0.5, 0.6) is 0 Å². The Kier molecular flexibility index (Phi) is 4.97. The second-order valence-corrected chi connectivity index (χ2v) is 5.86. The van der Waals surface area contributed by atoms with Crippen molar-refractivity contribution in [1.29, 1.82) is 0 Å². The summed E-state index contributed by atoms with van der Waals surface area (Å²) in [4.78, 5) is 14.3. The van der Waals surface area contributed by atoms with E-state index in [-0.39, 0.29) is 25.0 Å². The first-order valence-corrected chi connectivity index (χ1v) is 7.34. The van der Waals surface area contributed by atoms with Crippen LogP contribution in [0.25, 0.3) is 0 Å². The van der Waals surface area contributed by atoms with Crippen LogP contribution in [0, 0.1) is 13.8 Å². The Morgan fingerprint density at radius 3 is 2.68 bits per heavy atom. The minimum Gasteiger partial charge on any atom is -0.395 e. The van der Waals surface area contributed by atoms with Gasteiger partial charge in [0.25, 0.3) is 0 Å². The van der Waals surface area contributed by atoms with E-state index in [1.807, 2.05) is 4.90 Å². The van der Waals surface area contributed by atoms with E-state index in [9.17, 15) is 23.1 Å². The molecule has 1 aromatic rings. The Labute approximate surface area is 127 Å². The quantitative estimate of drug-likeness (QED) is 0.848. The molecule has 1 aliphatic rings. The standard InChI is InChI=1S/C15H21F3N2O2/c1-10-6-13(11(2)20(10)9-15(16,17)18)14(22)7-19-5-3-4-12(19)8-21/h6,12,21H,3-5,7-9H2,1-2H3/t12-/m1/s1. The van der Waals surface area contributed by atoms with E-state index in [0.29, 0.717) is 17.0 Å². The topological polar surface area (TPSA) is 45.5 Å². The number of rotatable bonds is 5. The van der Waals surface area contributed by atoms with Crippen LogP contribution in [0.1, 0.15) is 34.6 Å². The van der Waals surface area contributed by atoms with Gasteiger partial charge in [-0.3, -0.25) is 9.69 Å². The third kappa shape index (κ3) is 3.70. The Morgan fingerprint density at radius 2 is 2.09 bits per heavy atom. The largest absolute Gasteiger partial charge is 0.406 e. The molecular formula is C15H21F3N2O2. The van der Waals surface area contributed by atoms with Crippen molar-refractivity contribution in [3.8, 4) is 0 Å². The number of aromatic nitrogens is 1. The lowest BCUT2D eigenvalue weighted by Crippen LogP contribution is -2.36. The van der Waals surface area contributed by atoms with Crippen LogP contribution >= 0.6 is 0 Å². The van der Waals surface area contributed by atoms with E-state index in [1.54, 1.807) is 13.8 Å². The van der Waals surface area contributed by atoms with Crippen molar-refractivity contribution in [3.63, 3.8) is 0 Å². The predicted octanol–water partition coefficient (Wildman–Crippen LogP) is 2.31. The number of aryl methyl sites for hydroxylation is 1. The van der Waals surface area contributed by atoms with E-state index in [0.717, 1.165) is 24.0 Å². The predicted molar refractivity (Wildman–Crippen MR) is 76.0 cm³/mol. The molecule has 1 aromatic heterocycles. The molecule has 1 atom stereocenters. The minimum atomic E-state index is -4.31. The lowest BCUT2D eigenvalue weighted by atomic mass is 10.1. The summed E-state index contributed by atoms with van der Waals surface area (Å²) in [5.41, 5.74) is 1.11. The Hall–Kier alpha value is -1.34. The molecule has 1 aliphatic heterocycles. The molecule has 0 aromatic carbocycles. The zero-order valence-electron chi connectivity index (χ0n) is 12.8. The van der Waals surface area contributed by atoms with Crippen molar-refractivity contribution in [2.75, 3.05) is 19.7 Å². The fourth-order valence-corrected chi connectivity index (χ4v) is 3.09. The molecule has 0 spiro atoms. The smallest absolute Gasteiger partial charge is 0.395 e. The third-order valence-corrected chi connectivity index (χ3v) is 4.27. The molecule has 2 heterocycles. The summed E-state index contributed by atoms with van der Waals surface area (Å²) in [6, 6.07) is 1.50. The van der Waals surface area contributed by atoms with Gasteiger partial charge in [0.2, 0.25) is 0 Å². The van der Waals surface area contributed by atoms with Gasteiger partial charge in [-0.1, -0.05) is 0 Å². The number of hydrogen-bond donors (Lipinski definition) is 1.